The van der Waals surface area contributed by atoms with E-state index in [1.54, 1.807) is 61.0 Å². The molecule has 0 saturated carbocycles. The number of nitrogens with zero attached hydrogens (tertiary/aromatic N) is 6. The molecule has 74 heavy (non-hydrogen) atoms. The second-order valence-electron chi connectivity index (χ2n) is 21.0. The minimum absolute atomic E-state index is 0.0399. The molecule has 18 heteroatoms. The Morgan fingerprint density at radius 3 is 2.05 bits per heavy atom. The van der Waals surface area contributed by atoms with E-state index < -0.39 is 60.3 Å². The number of hydrogen-bond acceptors (Lipinski definition) is 12. The number of carbonyl (C=O) groups excluding carboxylic acids is 6. The van der Waals surface area contributed by atoms with Crippen molar-refractivity contribution in [2.45, 2.75) is 136 Å². The van der Waals surface area contributed by atoms with Crippen molar-refractivity contribution >= 4 is 47.0 Å². The first kappa shape index (κ1) is 59.4. The monoisotopic (exact) mass is 1040 g/mol. The molecule has 2 saturated heterocycles. The minimum atomic E-state index is -1.23. The van der Waals surface area contributed by atoms with Gasteiger partial charge in [0.2, 0.25) is 29.7 Å². The van der Waals surface area contributed by atoms with Gasteiger partial charge in [-0.2, -0.15) is 0 Å². The summed E-state index contributed by atoms with van der Waals surface area (Å²) < 4.78 is 18.2. The molecule has 5 rings (SSSR count). The number of benzene rings is 2. The molecule has 2 aromatic carbocycles. The van der Waals surface area contributed by atoms with E-state index in [1.807, 2.05) is 96.4 Å². The van der Waals surface area contributed by atoms with Crippen LogP contribution in [0.25, 0.3) is 0 Å². The third kappa shape index (κ3) is 15.1. The first-order valence-corrected chi connectivity index (χ1v) is 27.2. The third-order valence-electron chi connectivity index (χ3n) is 15.1. The Morgan fingerprint density at radius 1 is 0.824 bits per heavy atom. The third-order valence-corrected chi connectivity index (χ3v) is 16.0. The van der Waals surface area contributed by atoms with Gasteiger partial charge in [-0.15, -0.1) is 11.3 Å². The maximum atomic E-state index is 14.8. The normalized spacial score (nSPS) is 18.9. The number of likely N-dealkylation sites (N-methyl/N-ethyl adjacent to an activating group) is 3. The highest BCUT2D eigenvalue weighted by Gasteiger charge is 2.44. The molecule has 408 valence electrons. The molecule has 1 aromatic heterocycles. The number of thiazole rings is 1. The van der Waals surface area contributed by atoms with E-state index in [4.69, 9.17) is 14.2 Å². The van der Waals surface area contributed by atoms with Gasteiger partial charge in [-0.25, -0.2) is 9.78 Å². The molecule has 2 N–H and O–H groups in total. The van der Waals surface area contributed by atoms with Gasteiger partial charge in [0.15, 0.2) is 0 Å². The number of amides is 6. The Kier molecular flexibility index (Phi) is 22.4. The van der Waals surface area contributed by atoms with Gasteiger partial charge >= 0.3 is 6.09 Å². The zero-order valence-electron chi connectivity index (χ0n) is 46.1. The Morgan fingerprint density at radius 2 is 1.49 bits per heavy atom. The van der Waals surface area contributed by atoms with Crippen LogP contribution in [0.4, 0.5) is 4.79 Å². The van der Waals surface area contributed by atoms with Crippen LogP contribution in [0.15, 0.2) is 66.2 Å². The van der Waals surface area contributed by atoms with Crippen LogP contribution < -0.4 is 10.6 Å². The van der Waals surface area contributed by atoms with Crippen molar-refractivity contribution in [1.82, 2.24) is 40.1 Å². The zero-order valence-corrected chi connectivity index (χ0v) is 46.9. The summed E-state index contributed by atoms with van der Waals surface area (Å²) in [7, 11) is 8.26. The number of likely N-dealkylation sites (tertiary alicyclic amines) is 1. The van der Waals surface area contributed by atoms with Crippen LogP contribution in [-0.2, 0) is 44.6 Å². The summed E-state index contributed by atoms with van der Waals surface area (Å²) in [5.41, 5.74) is 2.58. The van der Waals surface area contributed by atoms with E-state index >= 15 is 0 Å². The predicted octanol–water partition coefficient (Wildman–Crippen LogP) is 6.52. The van der Waals surface area contributed by atoms with Crippen molar-refractivity contribution in [2.24, 2.45) is 23.7 Å². The molecule has 0 aliphatic carbocycles. The first-order chi connectivity index (χ1) is 35.2. The topological polar surface area (TPSA) is 183 Å². The van der Waals surface area contributed by atoms with Crippen LogP contribution in [0.5, 0.6) is 0 Å². The molecule has 3 aromatic rings. The van der Waals surface area contributed by atoms with E-state index in [0.717, 1.165) is 22.6 Å². The first-order valence-electron chi connectivity index (χ1n) is 26.4. The second-order valence-corrected chi connectivity index (χ2v) is 22.0. The van der Waals surface area contributed by atoms with Gasteiger partial charge in [-0.3, -0.25) is 28.9 Å². The largest absolute Gasteiger partial charge is 0.431 e. The number of ether oxygens (including phenoxy) is 3. The second kappa shape index (κ2) is 27.9. The number of aromatic nitrogens is 1. The van der Waals surface area contributed by atoms with Gasteiger partial charge in [0.25, 0.3) is 5.91 Å². The number of hydrogen-bond donors (Lipinski definition) is 2. The highest BCUT2D eigenvalue weighted by atomic mass is 32.1. The summed E-state index contributed by atoms with van der Waals surface area (Å²) >= 11 is 1.49. The Bertz CT molecular complexity index is 2280. The van der Waals surface area contributed by atoms with Crippen molar-refractivity contribution in [3.8, 4) is 0 Å². The van der Waals surface area contributed by atoms with Gasteiger partial charge in [0.1, 0.15) is 17.1 Å². The average Bonchev–Trinajstić information content (AvgIpc) is 4.11. The molecule has 0 bridgehead atoms. The summed E-state index contributed by atoms with van der Waals surface area (Å²) in [5, 5.41) is 8.92. The standard InChI is InChI=1S/C56H84N8O9S/c1-14-38(7)48(44(71-12)34-45(65)64-27-18-21-43(64)49(72-13)39(8)51(66)58-42(53-57-26-32-74-53)33-40-19-16-15-17-20-40)61(10)54(68)46(35(2)3)59-52(67)47(36(4)5)62(11)56(70)73-50(41-24-22-37(6)23-25-41)55(69)63-30-28-60(9)29-31-63/h15-17,19-20,22-26,32,35-36,38-39,42-44,46-50H,14,18,21,27-31,33-34H2,1-13H3,(H,58,66)(H,59,67)/t38-,39+,42?,43-,44+,46-,47-,48-,49+,50?/m0/s1. The minimum Gasteiger partial charge on any atom is -0.431 e. The highest BCUT2D eigenvalue weighted by Crippen LogP contribution is 2.31. The molecule has 10 atom stereocenters. The lowest BCUT2D eigenvalue weighted by Gasteiger charge is -2.41. The van der Waals surface area contributed by atoms with Crippen LogP contribution in [0, 0.1) is 30.6 Å². The summed E-state index contributed by atoms with van der Waals surface area (Å²) in [4.78, 5) is 99.0. The lowest BCUT2D eigenvalue weighted by Crippen LogP contribution is -2.60. The molecule has 0 radical (unpaired) electrons. The molecule has 17 nitrogen and oxygen atoms in total. The number of methoxy groups -OCH3 is 2. The van der Waals surface area contributed by atoms with E-state index in [0.29, 0.717) is 57.5 Å². The van der Waals surface area contributed by atoms with E-state index in [2.05, 4.69) is 20.5 Å². The van der Waals surface area contributed by atoms with Gasteiger partial charge in [-0.05, 0) is 56.6 Å². The average molecular weight is 1050 g/mol. The fraction of sp³-hybridized carbons (Fsp3) is 0.625. The van der Waals surface area contributed by atoms with Crippen molar-refractivity contribution in [3.63, 3.8) is 0 Å². The highest BCUT2D eigenvalue weighted by molar-refractivity contribution is 7.09. The lowest BCUT2D eigenvalue weighted by molar-refractivity contribution is -0.148. The van der Waals surface area contributed by atoms with Crippen molar-refractivity contribution in [3.05, 3.63) is 87.9 Å². The maximum Gasteiger partial charge on any atom is 0.411 e. The molecule has 6 amide bonds. The van der Waals surface area contributed by atoms with E-state index in [9.17, 15) is 28.8 Å². The molecule has 3 heterocycles. The molecule has 2 aliphatic rings. The Labute approximate surface area is 444 Å². The summed E-state index contributed by atoms with van der Waals surface area (Å²) in [6.45, 7) is 17.9. The number of aryl methyl sites for hydroxylation is 1. The van der Waals surface area contributed by atoms with Crippen molar-refractivity contribution in [1.29, 1.82) is 0 Å². The molecular weight excluding hydrogens is 961 g/mol. The predicted molar refractivity (Wildman–Crippen MR) is 287 cm³/mol. The molecule has 2 aliphatic heterocycles. The Balaban J connectivity index is 1.29. The van der Waals surface area contributed by atoms with E-state index in [1.165, 1.54) is 30.4 Å². The quantitative estimate of drug-likeness (QED) is 0.0997. The number of carbonyl (C=O) groups is 6. The molecule has 2 fully saturated rings. The number of rotatable bonds is 24. The molecule has 2 unspecified atom stereocenters. The fourth-order valence-electron chi connectivity index (χ4n) is 10.5. The zero-order chi connectivity index (χ0) is 54.4. The lowest BCUT2D eigenvalue weighted by atomic mass is 9.89. The number of nitrogens with one attached hydrogen (secondary N) is 2. The van der Waals surface area contributed by atoms with Crippen LogP contribution >= 0.6 is 11.3 Å². The van der Waals surface area contributed by atoms with Gasteiger partial charge in [0, 0.05) is 78.2 Å². The van der Waals surface area contributed by atoms with Crippen LogP contribution in [0.3, 0.4) is 0 Å². The van der Waals surface area contributed by atoms with Crippen LogP contribution in [0.1, 0.15) is 108 Å². The van der Waals surface area contributed by atoms with Gasteiger partial charge in [0.05, 0.1) is 42.7 Å². The van der Waals surface area contributed by atoms with Crippen molar-refractivity contribution < 1.29 is 43.0 Å². The van der Waals surface area contributed by atoms with Crippen molar-refractivity contribution in [2.75, 3.05) is 68.1 Å². The SMILES string of the molecule is CC[C@H](C)[C@@H]([C@@H](CC(=O)N1CCC[C@H]1[C@H](OC)[C@@H](C)C(=O)NC(Cc1ccccc1)c1nccs1)OC)N(C)C(=O)[C@@H](NC(=O)[C@H](C(C)C)N(C)C(=O)OC(C(=O)N1CCN(C)CC1)c1ccc(C)cc1)C(C)C. The summed E-state index contributed by atoms with van der Waals surface area (Å²) in [6.07, 6.45) is 0.890. The Hall–Kier alpha value is -5.43. The van der Waals surface area contributed by atoms with Crippen LogP contribution in [0.2, 0.25) is 0 Å². The van der Waals surface area contributed by atoms with E-state index in [-0.39, 0.29) is 54.0 Å². The van der Waals surface area contributed by atoms with Gasteiger partial charge < -0.3 is 44.4 Å². The van der Waals surface area contributed by atoms with Crippen LogP contribution in [-0.4, -0.2) is 170 Å². The molecule has 0 spiro atoms. The van der Waals surface area contributed by atoms with Gasteiger partial charge in [-0.1, -0.05) is 115 Å². The maximum absolute atomic E-state index is 14.8. The summed E-state index contributed by atoms with van der Waals surface area (Å²) in [6, 6.07) is 13.8. The number of piperazine rings is 1. The molecular formula is C56H84N8O9S. The fourth-order valence-corrected chi connectivity index (χ4v) is 11.1. The smallest absolute Gasteiger partial charge is 0.411 e. The summed E-state index contributed by atoms with van der Waals surface area (Å²) in [5.74, 6) is -3.17.